The Kier molecular flexibility index (Phi) is 5.40. The number of hydrazone groups is 1. The van der Waals surface area contributed by atoms with E-state index >= 15 is 0 Å². The van der Waals surface area contributed by atoms with Crippen LogP contribution in [0.4, 0.5) is 0 Å². The van der Waals surface area contributed by atoms with Gasteiger partial charge in [0.1, 0.15) is 5.52 Å². The van der Waals surface area contributed by atoms with Crippen LogP contribution in [0, 0.1) is 0 Å². The Morgan fingerprint density at radius 1 is 1.29 bits per heavy atom. The van der Waals surface area contributed by atoms with Gasteiger partial charge in [0.2, 0.25) is 0 Å². The quantitative estimate of drug-likeness (QED) is 0.405. The number of para-hydroxylation sites is 2. The van der Waals surface area contributed by atoms with E-state index < -0.39 is 0 Å². The number of carbonyl (C=O) groups excluding carboxylic acids is 1. The Bertz CT molecular complexity index is 878. The number of hydrogen-bond acceptors (Lipinski definition) is 5. The largest absolute Gasteiger partial charge is 0.431 e. The summed E-state index contributed by atoms with van der Waals surface area (Å²) in [7, 11) is 0. The molecule has 0 saturated heterocycles. The molecule has 0 bridgehead atoms. The van der Waals surface area contributed by atoms with Crippen LogP contribution in [0.3, 0.4) is 0 Å². The second kappa shape index (κ2) is 7.70. The molecule has 0 radical (unpaired) electrons. The number of thioether (sulfide) groups is 1. The predicted molar refractivity (Wildman–Crippen MR) is 96.9 cm³/mol. The molecule has 1 heterocycles. The van der Waals surface area contributed by atoms with Crippen molar-refractivity contribution in [1.29, 1.82) is 0 Å². The number of nitrogens with zero attached hydrogens (tertiary/aromatic N) is 2. The third-order valence-electron chi connectivity index (χ3n) is 2.96. The summed E-state index contributed by atoms with van der Waals surface area (Å²) in [5.41, 5.74) is 4.54. The first-order valence-corrected chi connectivity index (χ1v) is 8.61. The maximum Gasteiger partial charge on any atom is 0.257 e. The normalized spacial score (nSPS) is 11.2. The van der Waals surface area contributed by atoms with Gasteiger partial charge in [-0.25, -0.2) is 10.4 Å². The Balaban J connectivity index is 1.53. The maximum absolute atomic E-state index is 11.8. The van der Waals surface area contributed by atoms with Crippen molar-refractivity contribution in [2.24, 2.45) is 5.10 Å². The van der Waals surface area contributed by atoms with Crippen LogP contribution in [0.25, 0.3) is 11.1 Å². The topological polar surface area (TPSA) is 67.5 Å². The van der Waals surface area contributed by atoms with Gasteiger partial charge >= 0.3 is 0 Å². The molecule has 3 rings (SSSR count). The van der Waals surface area contributed by atoms with Crippen LogP contribution in [0.15, 0.2) is 57.2 Å². The fourth-order valence-corrected chi connectivity index (χ4v) is 2.94. The van der Waals surface area contributed by atoms with Gasteiger partial charge in [-0.3, -0.25) is 4.79 Å². The molecule has 2 aromatic carbocycles. The molecule has 0 aliphatic carbocycles. The van der Waals surface area contributed by atoms with Crippen molar-refractivity contribution in [3.8, 4) is 0 Å². The van der Waals surface area contributed by atoms with Gasteiger partial charge in [0, 0.05) is 10.6 Å². The number of benzene rings is 2. The number of hydrogen-bond donors (Lipinski definition) is 1. The average Bonchev–Trinajstić information content (AvgIpc) is 2.98. The number of halogens is 2. The molecule has 0 aliphatic heterocycles. The number of carbonyl (C=O) groups is 1. The third kappa shape index (κ3) is 4.29. The monoisotopic (exact) mass is 379 g/mol. The van der Waals surface area contributed by atoms with Gasteiger partial charge in [0.05, 0.1) is 17.0 Å². The van der Waals surface area contributed by atoms with Gasteiger partial charge in [-0.2, -0.15) is 5.10 Å². The van der Waals surface area contributed by atoms with Gasteiger partial charge in [0.25, 0.3) is 11.1 Å². The molecule has 0 fully saturated rings. The summed E-state index contributed by atoms with van der Waals surface area (Å²) in [5.74, 6) is -0.137. The summed E-state index contributed by atoms with van der Waals surface area (Å²) in [6.07, 6.45) is 1.46. The maximum atomic E-state index is 11.8. The Morgan fingerprint density at radius 2 is 2.12 bits per heavy atom. The zero-order chi connectivity index (χ0) is 16.9. The highest BCUT2D eigenvalue weighted by Gasteiger charge is 2.08. The molecular weight excluding hydrogens is 369 g/mol. The van der Waals surface area contributed by atoms with E-state index in [-0.39, 0.29) is 11.7 Å². The summed E-state index contributed by atoms with van der Waals surface area (Å²) in [5, 5.41) is 5.31. The molecule has 0 aliphatic rings. The number of amides is 1. The fourth-order valence-electron chi connectivity index (χ4n) is 1.85. The number of oxazole rings is 1. The average molecular weight is 380 g/mol. The molecule has 1 N–H and O–H groups in total. The van der Waals surface area contributed by atoms with Crippen molar-refractivity contribution in [3.63, 3.8) is 0 Å². The van der Waals surface area contributed by atoms with Gasteiger partial charge < -0.3 is 4.42 Å². The molecule has 24 heavy (non-hydrogen) atoms. The van der Waals surface area contributed by atoms with E-state index in [4.69, 9.17) is 27.6 Å². The molecule has 1 aromatic heterocycles. The van der Waals surface area contributed by atoms with Crippen LogP contribution < -0.4 is 5.43 Å². The third-order valence-corrected chi connectivity index (χ3v) is 4.35. The highest BCUT2D eigenvalue weighted by atomic mass is 35.5. The summed E-state index contributed by atoms with van der Waals surface area (Å²) in [6.45, 7) is 0. The zero-order valence-corrected chi connectivity index (χ0v) is 14.5. The van der Waals surface area contributed by atoms with E-state index in [1.807, 2.05) is 24.3 Å². The van der Waals surface area contributed by atoms with Gasteiger partial charge in [-0.05, 0) is 24.3 Å². The van der Waals surface area contributed by atoms with Crippen molar-refractivity contribution >= 4 is 58.2 Å². The van der Waals surface area contributed by atoms with E-state index in [0.29, 0.717) is 26.4 Å². The Morgan fingerprint density at radius 3 is 2.92 bits per heavy atom. The fraction of sp³-hybridized carbons (Fsp3) is 0.0625. The highest BCUT2D eigenvalue weighted by molar-refractivity contribution is 7.99. The number of rotatable bonds is 5. The lowest BCUT2D eigenvalue weighted by Gasteiger charge is -1.99. The van der Waals surface area contributed by atoms with Gasteiger partial charge in [-0.1, -0.05) is 53.2 Å². The minimum absolute atomic E-state index is 0.137. The van der Waals surface area contributed by atoms with Crippen LogP contribution in [0.2, 0.25) is 10.0 Å². The van der Waals surface area contributed by atoms with Gasteiger partial charge in [-0.15, -0.1) is 0 Å². The lowest BCUT2D eigenvalue weighted by atomic mass is 10.2. The molecule has 0 unspecified atom stereocenters. The van der Waals surface area contributed by atoms with Crippen molar-refractivity contribution < 1.29 is 9.21 Å². The minimum Gasteiger partial charge on any atom is -0.431 e. The highest BCUT2D eigenvalue weighted by Crippen LogP contribution is 2.23. The molecule has 0 spiro atoms. The first-order chi connectivity index (χ1) is 11.6. The van der Waals surface area contributed by atoms with Crippen LogP contribution in [-0.4, -0.2) is 22.9 Å². The molecule has 5 nitrogen and oxygen atoms in total. The molecule has 122 valence electrons. The molecule has 8 heteroatoms. The van der Waals surface area contributed by atoms with Crippen LogP contribution in [0.5, 0.6) is 0 Å². The lowest BCUT2D eigenvalue weighted by Crippen LogP contribution is -2.19. The Labute approximate surface area is 152 Å². The molecule has 0 saturated carbocycles. The van der Waals surface area contributed by atoms with E-state index in [1.165, 1.54) is 18.0 Å². The van der Waals surface area contributed by atoms with Crippen LogP contribution in [-0.2, 0) is 4.79 Å². The first-order valence-electron chi connectivity index (χ1n) is 6.87. The Hall–Kier alpha value is -2.02. The lowest BCUT2D eigenvalue weighted by molar-refractivity contribution is -0.118. The summed E-state index contributed by atoms with van der Waals surface area (Å²) in [4.78, 5) is 16.1. The second-order valence-corrected chi connectivity index (χ2v) is 6.47. The van der Waals surface area contributed by atoms with Crippen LogP contribution in [0.1, 0.15) is 5.56 Å². The second-order valence-electron chi connectivity index (χ2n) is 4.70. The van der Waals surface area contributed by atoms with E-state index in [9.17, 15) is 4.79 Å². The van der Waals surface area contributed by atoms with Crippen molar-refractivity contribution in [2.75, 3.05) is 5.75 Å². The molecule has 0 atom stereocenters. The van der Waals surface area contributed by atoms with Crippen molar-refractivity contribution in [2.45, 2.75) is 5.22 Å². The molecule has 1 amide bonds. The van der Waals surface area contributed by atoms with Crippen molar-refractivity contribution in [1.82, 2.24) is 10.4 Å². The minimum atomic E-state index is -0.274. The molecule has 3 aromatic rings. The predicted octanol–water partition coefficient (Wildman–Crippen LogP) is 4.38. The summed E-state index contributed by atoms with van der Waals surface area (Å²) >= 11 is 13.0. The van der Waals surface area contributed by atoms with Crippen LogP contribution >= 0.6 is 35.0 Å². The number of aromatic nitrogens is 1. The SMILES string of the molecule is O=C(CSc1nc2ccccc2o1)N/N=C\c1ccc(Cl)cc1Cl. The van der Waals surface area contributed by atoms with Gasteiger partial charge in [0.15, 0.2) is 5.58 Å². The zero-order valence-electron chi connectivity index (χ0n) is 12.2. The van der Waals surface area contributed by atoms with E-state index in [1.54, 1.807) is 18.2 Å². The number of nitrogens with one attached hydrogen (secondary N) is 1. The van der Waals surface area contributed by atoms with E-state index in [2.05, 4.69) is 15.5 Å². The molecular formula is C16H11Cl2N3O2S. The van der Waals surface area contributed by atoms with E-state index in [0.717, 1.165) is 5.52 Å². The summed E-state index contributed by atoms with van der Waals surface area (Å²) in [6, 6.07) is 12.4. The first kappa shape index (κ1) is 16.8. The van der Waals surface area contributed by atoms with Crippen molar-refractivity contribution in [3.05, 3.63) is 58.1 Å². The standard InChI is InChI=1S/C16H11Cl2N3O2S/c17-11-6-5-10(12(18)7-11)8-19-21-15(22)9-24-16-20-13-3-1-2-4-14(13)23-16/h1-8H,9H2,(H,21,22)/b19-8-. The smallest absolute Gasteiger partial charge is 0.257 e. The number of fused-ring (bicyclic) bond motifs is 1. The summed E-state index contributed by atoms with van der Waals surface area (Å²) < 4.78 is 5.52.